The number of nitrogens with one attached hydrogen (secondary N) is 1. The number of anilines is 1. The minimum Gasteiger partial charge on any atom is -0.497 e. The highest BCUT2D eigenvalue weighted by Gasteiger charge is 2.32. The maximum absolute atomic E-state index is 12.3. The van der Waals surface area contributed by atoms with Gasteiger partial charge in [-0.1, -0.05) is 24.3 Å². The van der Waals surface area contributed by atoms with E-state index in [1.165, 1.54) is 23.1 Å². The lowest BCUT2D eigenvalue weighted by molar-refractivity contribution is -0.141. The third-order valence-electron chi connectivity index (χ3n) is 6.89. The number of methoxy groups -OCH3 is 2. The van der Waals surface area contributed by atoms with Crippen LogP contribution in [0, 0.1) is 20.8 Å². The summed E-state index contributed by atoms with van der Waals surface area (Å²) < 4.78 is 12.3. The minimum absolute atomic E-state index is 0.0934. The summed E-state index contributed by atoms with van der Waals surface area (Å²) >= 11 is 1.70. The molecule has 0 bridgehead atoms. The molecule has 0 aliphatic carbocycles. The van der Waals surface area contributed by atoms with Crippen LogP contribution in [-0.2, 0) is 16.0 Å². The summed E-state index contributed by atoms with van der Waals surface area (Å²) in [5.41, 5.74) is 6.35. The van der Waals surface area contributed by atoms with Crippen molar-refractivity contribution in [3.8, 4) is 10.8 Å². The molecule has 3 heterocycles. The van der Waals surface area contributed by atoms with Gasteiger partial charge in [-0.15, -0.1) is 21.5 Å². The second-order valence-corrected chi connectivity index (χ2v) is 10.5. The van der Waals surface area contributed by atoms with E-state index in [0.29, 0.717) is 5.82 Å². The molecule has 2 aromatic carbocycles. The van der Waals surface area contributed by atoms with E-state index in [1.807, 2.05) is 23.6 Å². The molecule has 0 radical (unpaired) electrons. The van der Waals surface area contributed by atoms with Crippen molar-refractivity contribution < 1.29 is 14.3 Å². The van der Waals surface area contributed by atoms with Crippen LogP contribution in [0.4, 0.5) is 5.69 Å². The number of aromatic nitrogens is 3. The quantitative estimate of drug-likeness (QED) is 0.309. The zero-order valence-electron chi connectivity index (χ0n) is 22.2. The lowest BCUT2D eigenvalue weighted by Crippen LogP contribution is -2.12. The van der Waals surface area contributed by atoms with Crippen LogP contribution in [0.15, 0.2) is 53.5 Å². The third-order valence-corrected chi connectivity index (χ3v) is 8.08. The average molecular weight is 530 g/mol. The highest BCUT2D eigenvalue weighted by atomic mass is 32.1. The Kier molecular flexibility index (Phi) is 7.28. The molecule has 9 heteroatoms. The third kappa shape index (κ3) is 4.93. The van der Waals surface area contributed by atoms with Crippen LogP contribution >= 0.6 is 11.3 Å². The molecule has 0 amide bonds. The van der Waals surface area contributed by atoms with Gasteiger partial charge in [0.15, 0.2) is 5.82 Å². The fraction of sp³-hybridized carbons (Fsp3) is 0.310. The summed E-state index contributed by atoms with van der Waals surface area (Å²) in [4.78, 5) is 18.6. The van der Waals surface area contributed by atoms with Crippen LogP contribution in [0.25, 0.3) is 5.00 Å². The first-order chi connectivity index (χ1) is 18.4. The standard InChI is InChI=1S/C29H31N5O3S/c1-17-18(2)38-29-26(17)27(31-24(16-25(35)37-5)28-33-32-19(3)34(28)29)21-8-10-22(11-9-21)30-15-14-20-6-12-23(36-4)13-7-20/h6-13,24,30H,14-16H2,1-5H3/t24-/m0/s1. The largest absolute Gasteiger partial charge is 0.497 e. The molecule has 0 unspecified atom stereocenters. The number of fused-ring (bicyclic) bond motifs is 3. The van der Waals surface area contributed by atoms with Crippen molar-refractivity contribution in [1.29, 1.82) is 0 Å². The number of carbonyl (C=O) groups excluding carboxylic acids is 1. The number of benzene rings is 2. The normalized spacial score (nSPS) is 14.2. The highest BCUT2D eigenvalue weighted by Crippen LogP contribution is 2.39. The van der Waals surface area contributed by atoms with E-state index in [1.54, 1.807) is 18.4 Å². The summed E-state index contributed by atoms with van der Waals surface area (Å²) in [5.74, 6) is 1.95. The van der Waals surface area contributed by atoms with Crippen molar-refractivity contribution in [2.24, 2.45) is 4.99 Å². The Bertz CT molecular complexity index is 1490. The van der Waals surface area contributed by atoms with Gasteiger partial charge in [-0.05, 0) is 62.6 Å². The van der Waals surface area contributed by atoms with Gasteiger partial charge in [0, 0.05) is 28.2 Å². The van der Waals surface area contributed by atoms with Crippen molar-refractivity contribution in [2.45, 2.75) is 39.7 Å². The van der Waals surface area contributed by atoms with Gasteiger partial charge in [-0.2, -0.15) is 0 Å². The predicted molar refractivity (Wildman–Crippen MR) is 150 cm³/mol. The monoisotopic (exact) mass is 529 g/mol. The number of aliphatic imine (C=N–C) groups is 1. The number of esters is 1. The predicted octanol–water partition coefficient (Wildman–Crippen LogP) is 5.37. The molecule has 0 fully saturated rings. The molecule has 1 N–H and O–H groups in total. The highest BCUT2D eigenvalue weighted by molar-refractivity contribution is 7.15. The van der Waals surface area contributed by atoms with Gasteiger partial charge in [0.2, 0.25) is 0 Å². The maximum atomic E-state index is 12.3. The molecule has 5 rings (SSSR count). The van der Waals surface area contributed by atoms with E-state index in [2.05, 4.69) is 65.8 Å². The Morgan fingerprint density at radius 2 is 1.76 bits per heavy atom. The SMILES string of the molecule is COC(=O)C[C@@H]1N=C(c2ccc(NCCc3ccc(OC)cc3)cc2)c2c(sc(C)c2C)-n2c(C)nnc21. The molecule has 1 aliphatic rings. The molecule has 196 valence electrons. The van der Waals surface area contributed by atoms with Crippen LogP contribution in [0.1, 0.15) is 51.2 Å². The van der Waals surface area contributed by atoms with E-state index in [-0.39, 0.29) is 12.4 Å². The summed E-state index contributed by atoms with van der Waals surface area (Å²) in [6, 6.07) is 16.0. The van der Waals surface area contributed by atoms with E-state index in [4.69, 9.17) is 14.5 Å². The summed E-state index contributed by atoms with van der Waals surface area (Å²) in [7, 11) is 3.07. The Labute approximate surface area is 226 Å². The fourth-order valence-electron chi connectivity index (χ4n) is 4.66. The molecule has 4 aromatic rings. The van der Waals surface area contributed by atoms with Gasteiger partial charge < -0.3 is 14.8 Å². The molecule has 0 saturated carbocycles. The number of nitrogens with zero attached hydrogens (tertiary/aromatic N) is 4. The molecule has 0 saturated heterocycles. The van der Waals surface area contributed by atoms with Crippen LogP contribution < -0.4 is 10.1 Å². The summed E-state index contributed by atoms with van der Waals surface area (Å²) in [5, 5.41) is 13.3. The maximum Gasteiger partial charge on any atom is 0.308 e. The first-order valence-electron chi connectivity index (χ1n) is 12.5. The van der Waals surface area contributed by atoms with E-state index in [9.17, 15) is 4.79 Å². The smallest absolute Gasteiger partial charge is 0.308 e. The van der Waals surface area contributed by atoms with E-state index < -0.39 is 6.04 Å². The van der Waals surface area contributed by atoms with Crippen LogP contribution in [0.2, 0.25) is 0 Å². The molecule has 1 atom stereocenters. The lowest BCUT2D eigenvalue weighted by Gasteiger charge is -2.12. The summed E-state index contributed by atoms with van der Waals surface area (Å²) in [6.45, 7) is 6.98. The number of hydrogen-bond donors (Lipinski definition) is 1. The Morgan fingerprint density at radius 1 is 1.03 bits per heavy atom. The van der Waals surface area contributed by atoms with Crippen LogP contribution in [0.3, 0.4) is 0 Å². The zero-order valence-corrected chi connectivity index (χ0v) is 23.1. The van der Waals surface area contributed by atoms with E-state index >= 15 is 0 Å². The number of thiophene rings is 1. The molecule has 2 aromatic heterocycles. The number of ether oxygens (including phenoxy) is 2. The van der Waals surface area contributed by atoms with Crippen molar-refractivity contribution >= 4 is 28.7 Å². The molecular formula is C29H31N5O3S. The molecule has 1 aliphatic heterocycles. The topological polar surface area (TPSA) is 90.6 Å². The molecular weight excluding hydrogens is 498 g/mol. The molecule has 0 spiro atoms. The van der Waals surface area contributed by atoms with E-state index in [0.717, 1.165) is 52.1 Å². The minimum atomic E-state index is -0.500. The second kappa shape index (κ2) is 10.8. The van der Waals surface area contributed by atoms with Crippen molar-refractivity contribution in [3.63, 3.8) is 0 Å². The fourth-order valence-corrected chi connectivity index (χ4v) is 5.87. The Morgan fingerprint density at radius 3 is 2.45 bits per heavy atom. The van der Waals surface area contributed by atoms with Gasteiger partial charge in [0.1, 0.15) is 22.6 Å². The lowest BCUT2D eigenvalue weighted by atomic mass is 9.99. The second-order valence-electron chi connectivity index (χ2n) is 9.28. The Hall–Kier alpha value is -3.98. The first kappa shape index (κ1) is 25.7. The van der Waals surface area contributed by atoms with Crippen molar-refractivity contribution in [1.82, 2.24) is 14.8 Å². The molecule has 38 heavy (non-hydrogen) atoms. The van der Waals surface area contributed by atoms with Gasteiger partial charge in [-0.3, -0.25) is 14.4 Å². The molecule has 8 nitrogen and oxygen atoms in total. The summed E-state index contributed by atoms with van der Waals surface area (Å²) in [6.07, 6.45) is 0.999. The number of rotatable bonds is 8. The van der Waals surface area contributed by atoms with Crippen LogP contribution in [0.5, 0.6) is 5.75 Å². The van der Waals surface area contributed by atoms with Gasteiger partial charge >= 0.3 is 5.97 Å². The number of aryl methyl sites for hydroxylation is 2. The van der Waals surface area contributed by atoms with Gasteiger partial charge in [-0.25, -0.2) is 0 Å². The average Bonchev–Trinajstić information content (AvgIpc) is 3.41. The van der Waals surface area contributed by atoms with Crippen LogP contribution in [-0.4, -0.2) is 47.2 Å². The number of hydrogen-bond acceptors (Lipinski definition) is 8. The number of carbonyl (C=O) groups is 1. The Balaban J connectivity index is 1.44. The first-order valence-corrected chi connectivity index (χ1v) is 13.4. The zero-order chi connectivity index (χ0) is 26.8. The van der Waals surface area contributed by atoms with Gasteiger partial charge in [0.25, 0.3) is 0 Å². The van der Waals surface area contributed by atoms with Gasteiger partial charge in [0.05, 0.1) is 26.4 Å². The van der Waals surface area contributed by atoms with Crippen molar-refractivity contribution in [3.05, 3.63) is 87.3 Å². The van der Waals surface area contributed by atoms with Crippen molar-refractivity contribution in [2.75, 3.05) is 26.1 Å².